The Balaban J connectivity index is 2.42. The normalized spacial score (nSPS) is 11.1. The van der Waals surface area contributed by atoms with Gasteiger partial charge in [-0.2, -0.15) is 13.2 Å². The van der Waals surface area contributed by atoms with Crippen LogP contribution in [0.25, 0.3) is 0 Å². The summed E-state index contributed by atoms with van der Waals surface area (Å²) in [6, 6.07) is 2.58. The molecule has 9 heteroatoms. The van der Waals surface area contributed by atoms with Crippen LogP contribution in [0.5, 0.6) is 11.8 Å². The van der Waals surface area contributed by atoms with Crippen LogP contribution in [-0.2, 0) is 10.9 Å². The summed E-state index contributed by atoms with van der Waals surface area (Å²) in [5.41, 5.74) is -1.36. The number of benzene rings is 1. The summed E-state index contributed by atoms with van der Waals surface area (Å²) < 4.78 is 49.2. The fourth-order valence-corrected chi connectivity index (χ4v) is 1.74. The van der Waals surface area contributed by atoms with Crippen molar-refractivity contribution in [1.29, 1.82) is 0 Å². The maximum atomic E-state index is 13.1. The highest BCUT2D eigenvalue weighted by Gasteiger charge is 2.35. The number of halogens is 4. The molecule has 0 radical (unpaired) electrons. The fourth-order valence-electron chi connectivity index (χ4n) is 1.54. The van der Waals surface area contributed by atoms with E-state index in [4.69, 9.17) is 4.74 Å². The molecule has 0 unspecified atom stereocenters. The molecule has 0 aliphatic carbocycles. The van der Waals surface area contributed by atoms with Crippen LogP contribution in [0.3, 0.4) is 0 Å². The molecule has 0 N–H and O–H groups in total. The van der Waals surface area contributed by atoms with E-state index in [0.717, 1.165) is 19.2 Å². The summed E-state index contributed by atoms with van der Waals surface area (Å²) in [4.78, 5) is 18.8. The average molecular weight is 377 g/mol. The monoisotopic (exact) mass is 376 g/mol. The number of aromatic nitrogens is 2. The summed E-state index contributed by atoms with van der Waals surface area (Å²) in [6.07, 6.45) is -2.05. The van der Waals surface area contributed by atoms with E-state index < -0.39 is 23.5 Å². The number of methoxy groups -OCH3 is 1. The van der Waals surface area contributed by atoms with Gasteiger partial charge in [0.25, 0.3) is 0 Å². The molecule has 0 amide bonds. The first-order valence-corrected chi connectivity index (χ1v) is 6.55. The number of nitrogens with zero attached hydrogens (tertiary/aromatic N) is 2. The van der Waals surface area contributed by atoms with E-state index in [2.05, 4.69) is 30.6 Å². The van der Waals surface area contributed by atoms with Gasteiger partial charge in [-0.05, 0) is 34.1 Å². The molecule has 0 aliphatic rings. The zero-order valence-corrected chi connectivity index (χ0v) is 12.6. The second-order valence-electron chi connectivity index (χ2n) is 3.99. The summed E-state index contributed by atoms with van der Waals surface area (Å²) in [5.74, 6) is -1.39. The molecule has 0 aliphatic heterocycles. The lowest BCUT2D eigenvalue weighted by Gasteiger charge is -2.13. The Labute approximate surface area is 131 Å². The third-order valence-corrected chi connectivity index (χ3v) is 2.91. The van der Waals surface area contributed by atoms with Crippen LogP contribution in [0.2, 0.25) is 0 Å². The molecule has 116 valence electrons. The molecule has 1 aromatic carbocycles. The van der Waals surface area contributed by atoms with Crippen molar-refractivity contribution in [3.8, 4) is 11.8 Å². The largest absolute Gasteiger partial charge is 0.465 e. The van der Waals surface area contributed by atoms with Crippen molar-refractivity contribution in [2.24, 2.45) is 0 Å². The standard InChI is InChI=1S/C13H8BrF3N2O3/c1-21-11(20)7-2-3-10(9(4-7)13(15,16)17)22-12-18-5-8(14)6-19-12/h2-6H,1H3. The lowest BCUT2D eigenvalue weighted by molar-refractivity contribution is -0.138. The lowest BCUT2D eigenvalue weighted by Crippen LogP contribution is -2.10. The van der Waals surface area contributed by atoms with Crippen LogP contribution in [0.1, 0.15) is 15.9 Å². The van der Waals surface area contributed by atoms with Crippen molar-refractivity contribution >= 4 is 21.9 Å². The molecule has 0 spiro atoms. The van der Waals surface area contributed by atoms with Crippen LogP contribution in [0.4, 0.5) is 13.2 Å². The minimum Gasteiger partial charge on any atom is -0.465 e. The quantitative estimate of drug-likeness (QED) is 0.761. The molecule has 0 saturated carbocycles. The summed E-state index contributed by atoms with van der Waals surface area (Å²) in [5, 5.41) is 0. The first-order valence-electron chi connectivity index (χ1n) is 5.76. The first kappa shape index (κ1) is 16.2. The number of ether oxygens (including phenoxy) is 2. The van der Waals surface area contributed by atoms with Crippen molar-refractivity contribution in [3.05, 3.63) is 46.2 Å². The molecule has 1 heterocycles. The number of rotatable bonds is 3. The predicted octanol–water partition coefficient (Wildman–Crippen LogP) is 3.84. The van der Waals surface area contributed by atoms with Crippen molar-refractivity contribution in [2.45, 2.75) is 6.18 Å². The number of alkyl halides is 3. The van der Waals surface area contributed by atoms with Crippen LogP contribution >= 0.6 is 15.9 Å². The van der Waals surface area contributed by atoms with E-state index >= 15 is 0 Å². The zero-order valence-electron chi connectivity index (χ0n) is 11.0. The maximum absolute atomic E-state index is 13.1. The molecule has 0 bridgehead atoms. The van der Waals surface area contributed by atoms with Crippen molar-refractivity contribution in [3.63, 3.8) is 0 Å². The van der Waals surface area contributed by atoms with E-state index in [1.165, 1.54) is 12.4 Å². The summed E-state index contributed by atoms with van der Waals surface area (Å²) in [7, 11) is 1.08. The van der Waals surface area contributed by atoms with Crippen molar-refractivity contribution in [1.82, 2.24) is 9.97 Å². The Bertz CT molecular complexity index is 690. The Hall–Kier alpha value is -2.16. The van der Waals surface area contributed by atoms with Gasteiger partial charge in [0.2, 0.25) is 0 Å². The van der Waals surface area contributed by atoms with Crippen LogP contribution < -0.4 is 4.74 Å². The third kappa shape index (κ3) is 3.73. The third-order valence-electron chi connectivity index (χ3n) is 2.50. The second kappa shape index (κ2) is 6.30. The summed E-state index contributed by atoms with van der Waals surface area (Å²) in [6.45, 7) is 0. The van der Waals surface area contributed by atoms with Gasteiger partial charge in [0.1, 0.15) is 5.75 Å². The van der Waals surface area contributed by atoms with Gasteiger partial charge in [-0.15, -0.1) is 0 Å². The van der Waals surface area contributed by atoms with E-state index in [0.29, 0.717) is 10.5 Å². The Morgan fingerprint density at radius 3 is 2.41 bits per heavy atom. The van der Waals surface area contributed by atoms with Crippen LogP contribution in [0.15, 0.2) is 35.1 Å². The fraction of sp³-hybridized carbons (Fsp3) is 0.154. The molecule has 0 atom stereocenters. The van der Waals surface area contributed by atoms with Crippen molar-refractivity contribution in [2.75, 3.05) is 7.11 Å². The first-order chi connectivity index (χ1) is 10.3. The smallest absolute Gasteiger partial charge is 0.420 e. The highest BCUT2D eigenvalue weighted by molar-refractivity contribution is 9.10. The molecule has 0 saturated heterocycles. The van der Waals surface area contributed by atoms with Gasteiger partial charge in [0.15, 0.2) is 0 Å². The van der Waals surface area contributed by atoms with Gasteiger partial charge in [-0.3, -0.25) is 0 Å². The van der Waals surface area contributed by atoms with E-state index in [-0.39, 0.29) is 11.6 Å². The highest BCUT2D eigenvalue weighted by atomic mass is 79.9. The highest BCUT2D eigenvalue weighted by Crippen LogP contribution is 2.38. The molecule has 5 nitrogen and oxygen atoms in total. The van der Waals surface area contributed by atoms with Gasteiger partial charge < -0.3 is 9.47 Å². The van der Waals surface area contributed by atoms with E-state index in [1.54, 1.807) is 0 Å². The van der Waals surface area contributed by atoms with Gasteiger partial charge in [-0.25, -0.2) is 14.8 Å². The summed E-state index contributed by atoms with van der Waals surface area (Å²) >= 11 is 3.10. The molecule has 0 fully saturated rings. The Morgan fingerprint density at radius 1 is 1.23 bits per heavy atom. The molecule has 22 heavy (non-hydrogen) atoms. The van der Waals surface area contributed by atoms with Gasteiger partial charge in [0.05, 0.1) is 22.7 Å². The molecular formula is C13H8BrF3N2O3. The number of carbonyl (C=O) groups excluding carboxylic acids is 1. The topological polar surface area (TPSA) is 61.3 Å². The van der Waals surface area contributed by atoms with E-state index in [9.17, 15) is 18.0 Å². The maximum Gasteiger partial charge on any atom is 0.420 e. The Morgan fingerprint density at radius 2 is 1.86 bits per heavy atom. The molecule has 1 aromatic heterocycles. The lowest BCUT2D eigenvalue weighted by atomic mass is 10.1. The van der Waals surface area contributed by atoms with Crippen molar-refractivity contribution < 1.29 is 27.4 Å². The number of hydrogen-bond donors (Lipinski definition) is 0. The zero-order chi connectivity index (χ0) is 16.3. The number of hydrogen-bond acceptors (Lipinski definition) is 5. The Kier molecular flexibility index (Phi) is 4.65. The molecule has 2 rings (SSSR count). The van der Waals surface area contributed by atoms with E-state index in [1.807, 2.05) is 0 Å². The number of carbonyl (C=O) groups is 1. The second-order valence-corrected chi connectivity index (χ2v) is 4.90. The minimum atomic E-state index is -4.71. The predicted molar refractivity (Wildman–Crippen MR) is 72.6 cm³/mol. The number of esters is 1. The average Bonchev–Trinajstić information content (AvgIpc) is 2.48. The van der Waals surface area contributed by atoms with Gasteiger partial charge in [-0.1, -0.05) is 0 Å². The van der Waals surface area contributed by atoms with Crippen LogP contribution in [-0.4, -0.2) is 23.0 Å². The molecular weight excluding hydrogens is 369 g/mol. The molecule has 2 aromatic rings. The SMILES string of the molecule is COC(=O)c1ccc(Oc2ncc(Br)cn2)c(C(F)(F)F)c1. The van der Waals surface area contributed by atoms with Crippen LogP contribution in [0, 0.1) is 0 Å². The van der Waals surface area contributed by atoms with Gasteiger partial charge >= 0.3 is 18.2 Å². The minimum absolute atomic E-state index is 0.237. The van der Waals surface area contributed by atoms with Gasteiger partial charge in [0, 0.05) is 12.4 Å².